The van der Waals surface area contributed by atoms with E-state index in [9.17, 15) is 4.79 Å². The summed E-state index contributed by atoms with van der Waals surface area (Å²) in [5.41, 5.74) is 6.32. The molecule has 70 valence electrons. The van der Waals surface area contributed by atoms with Gasteiger partial charge in [-0.2, -0.15) is 0 Å². The summed E-state index contributed by atoms with van der Waals surface area (Å²) in [5.74, 6) is 0.353. The van der Waals surface area contributed by atoms with Crippen LogP contribution in [0.4, 0.5) is 5.82 Å². The molecule has 0 aromatic carbocycles. The third kappa shape index (κ3) is 2.52. The average Bonchev–Trinajstić information content (AvgIpc) is 2.08. The van der Waals surface area contributed by atoms with E-state index in [2.05, 4.69) is 10.3 Å². The van der Waals surface area contributed by atoms with Crippen molar-refractivity contribution in [3.8, 4) is 0 Å². The van der Waals surface area contributed by atoms with E-state index in [1.165, 1.54) is 0 Å². The first-order valence-electron chi connectivity index (χ1n) is 4.09. The third-order valence-corrected chi connectivity index (χ3v) is 1.66. The van der Waals surface area contributed by atoms with Crippen LogP contribution in [0, 0.1) is 6.92 Å². The molecule has 1 aromatic heterocycles. The summed E-state index contributed by atoms with van der Waals surface area (Å²) in [4.78, 5) is 15.2. The first kappa shape index (κ1) is 9.67. The Kier molecular flexibility index (Phi) is 2.97. The van der Waals surface area contributed by atoms with E-state index in [1.54, 1.807) is 13.1 Å². The Labute approximate surface area is 77.2 Å². The van der Waals surface area contributed by atoms with Crippen LogP contribution in [0.2, 0.25) is 0 Å². The van der Waals surface area contributed by atoms with Crippen LogP contribution in [-0.4, -0.2) is 16.9 Å². The van der Waals surface area contributed by atoms with Crippen molar-refractivity contribution < 1.29 is 4.79 Å². The molecule has 0 aliphatic heterocycles. The van der Waals surface area contributed by atoms with Gasteiger partial charge in [0.05, 0.1) is 6.04 Å². The number of anilines is 1. The predicted octanol–water partition coefficient (Wildman–Crippen LogP) is 0.676. The molecule has 0 spiro atoms. The predicted molar refractivity (Wildman–Crippen MR) is 51.3 cm³/mol. The first-order valence-corrected chi connectivity index (χ1v) is 4.09. The molecular formula is C9H13N3O. The molecule has 1 amide bonds. The molecule has 13 heavy (non-hydrogen) atoms. The number of amides is 1. The van der Waals surface area contributed by atoms with Crippen LogP contribution in [-0.2, 0) is 4.79 Å². The van der Waals surface area contributed by atoms with Crippen molar-refractivity contribution in [1.29, 1.82) is 0 Å². The van der Waals surface area contributed by atoms with Gasteiger partial charge in [0.15, 0.2) is 0 Å². The number of aryl methyl sites for hydroxylation is 1. The van der Waals surface area contributed by atoms with E-state index in [-0.39, 0.29) is 5.91 Å². The highest BCUT2D eigenvalue weighted by atomic mass is 16.2. The normalized spacial score (nSPS) is 12.2. The van der Waals surface area contributed by atoms with Crippen LogP contribution in [0.25, 0.3) is 0 Å². The number of carbonyl (C=O) groups is 1. The van der Waals surface area contributed by atoms with E-state index in [4.69, 9.17) is 5.73 Å². The Morgan fingerprint density at radius 1 is 1.69 bits per heavy atom. The summed E-state index contributed by atoms with van der Waals surface area (Å²) in [7, 11) is 0. The monoisotopic (exact) mass is 179 g/mol. The highest BCUT2D eigenvalue weighted by Crippen LogP contribution is 2.08. The molecule has 4 nitrogen and oxygen atoms in total. The van der Waals surface area contributed by atoms with Crippen molar-refractivity contribution in [3.05, 3.63) is 23.9 Å². The lowest BCUT2D eigenvalue weighted by molar-refractivity contribution is -0.117. The molecule has 0 saturated heterocycles. The van der Waals surface area contributed by atoms with Gasteiger partial charge >= 0.3 is 0 Å². The Bertz CT molecular complexity index is 309. The smallest absolute Gasteiger partial charge is 0.242 e. The molecule has 0 saturated carbocycles. The number of rotatable bonds is 2. The van der Waals surface area contributed by atoms with Crippen LogP contribution >= 0.6 is 0 Å². The maximum atomic E-state index is 11.2. The summed E-state index contributed by atoms with van der Waals surface area (Å²) >= 11 is 0. The summed E-state index contributed by atoms with van der Waals surface area (Å²) in [6, 6.07) is 3.18. The number of carbonyl (C=O) groups excluding carboxylic acids is 1. The van der Waals surface area contributed by atoms with Crippen LogP contribution < -0.4 is 11.1 Å². The van der Waals surface area contributed by atoms with E-state index in [0.29, 0.717) is 5.82 Å². The molecule has 0 aliphatic carbocycles. The van der Waals surface area contributed by atoms with Gasteiger partial charge in [-0.3, -0.25) is 4.79 Å². The van der Waals surface area contributed by atoms with Gasteiger partial charge in [-0.15, -0.1) is 0 Å². The first-order chi connectivity index (χ1) is 6.11. The van der Waals surface area contributed by atoms with Gasteiger partial charge in [-0.25, -0.2) is 4.98 Å². The summed E-state index contributed by atoms with van der Waals surface area (Å²) < 4.78 is 0. The number of nitrogens with zero attached hydrogens (tertiary/aromatic N) is 1. The SMILES string of the molecule is Cc1cccnc1NC(=O)[C@@H](C)N. The molecule has 0 bridgehead atoms. The van der Waals surface area contributed by atoms with E-state index >= 15 is 0 Å². The van der Waals surface area contributed by atoms with Crippen molar-refractivity contribution >= 4 is 11.7 Å². The Morgan fingerprint density at radius 3 is 2.92 bits per heavy atom. The minimum absolute atomic E-state index is 0.221. The summed E-state index contributed by atoms with van der Waals surface area (Å²) in [5, 5.41) is 2.63. The lowest BCUT2D eigenvalue weighted by atomic mass is 10.2. The standard InChI is InChI=1S/C9H13N3O/c1-6-4-3-5-11-8(6)12-9(13)7(2)10/h3-5,7H,10H2,1-2H3,(H,11,12,13)/t7-/m1/s1. The van der Waals surface area contributed by atoms with Gasteiger partial charge in [0.25, 0.3) is 0 Å². The maximum Gasteiger partial charge on any atom is 0.242 e. The molecule has 0 unspecified atom stereocenters. The van der Waals surface area contributed by atoms with E-state index in [1.807, 2.05) is 19.1 Å². The summed E-state index contributed by atoms with van der Waals surface area (Å²) in [6.07, 6.45) is 1.63. The van der Waals surface area contributed by atoms with Crippen molar-refractivity contribution in [2.75, 3.05) is 5.32 Å². The van der Waals surface area contributed by atoms with Gasteiger partial charge in [-0.05, 0) is 25.5 Å². The van der Waals surface area contributed by atoms with Gasteiger partial charge in [-0.1, -0.05) is 6.07 Å². The van der Waals surface area contributed by atoms with Crippen molar-refractivity contribution in [2.24, 2.45) is 5.73 Å². The molecule has 0 aliphatic rings. The second kappa shape index (κ2) is 4.00. The Morgan fingerprint density at radius 2 is 2.38 bits per heavy atom. The second-order valence-electron chi connectivity index (χ2n) is 2.95. The number of pyridine rings is 1. The van der Waals surface area contributed by atoms with Crippen molar-refractivity contribution in [3.63, 3.8) is 0 Å². The molecule has 1 atom stereocenters. The fourth-order valence-corrected chi connectivity index (χ4v) is 0.847. The van der Waals surface area contributed by atoms with Crippen LogP contribution in [0.1, 0.15) is 12.5 Å². The molecule has 1 aromatic rings. The summed E-state index contributed by atoms with van der Waals surface area (Å²) in [6.45, 7) is 3.51. The van der Waals surface area contributed by atoms with Crippen LogP contribution in [0.5, 0.6) is 0 Å². The minimum Gasteiger partial charge on any atom is -0.320 e. The molecule has 4 heteroatoms. The van der Waals surface area contributed by atoms with Crippen LogP contribution in [0.3, 0.4) is 0 Å². The van der Waals surface area contributed by atoms with Crippen LogP contribution in [0.15, 0.2) is 18.3 Å². The second-order valence-corrected chi connectivity index (χ2v) is 2.95. The van der Waals surface area contributed by atoms with Gasteiger partial charge in [0, 0.05) is 6.20 Å². The quantitative estimate of drug-likeness (QED) is 0.701. The number of hydrogen-bond donors (Lipinski definition) is 2. The van der Waals surface area contributed by atoms with Crippen molar-refractivity contribution in [1.82, 2.24) is 4.98 Å². The highest BCUT2D eigenvalue weighted by molar-refractivity contribution is 5.94. The van der Waals surface area contributed by atoms with Gasteiger partial charge in [0.1, 0.15) is 5.82 Å². The Balaban J connectivity index is 2.75. The minimum atomic E-state index is -0.513. The zero-order valence-electron chi connectivity index (χ0n) is 7.74. The molecular weight excluding hydrogens is 166 g/mol. The zero-order chi connectivity index (χ0) is 9.84. The zero-order valence-corrected chi connectivity index (χ0v) is 7.74. The molecule has 3 N–H and O–H groups in total. The number of nitrogens with one attached hydrogen (secondary N) is 1. The maximum absolute atomic E-state index is 11.2. The highest BCUT2D eigenvalue weighted by Gasteiger charge is 2.08. The van der Waals surface area contributed by atoms with Gasteiger partial charge < -0.3 is 11.1 Å². The van der Waals surface area contributed by atoms with Crippen molar-refractivity contribution in [2.45, 2.75) is 19.9 Å². The lowest BCUT2D eigenvalue weighted by Gasteiger charge is -2.08. The third-order valence-electron chi connectivity index (χ3n) is 1.66. The number of hydrogen-bond acceptors (Lipinski definition) is 3. The molecule has 0 radical (unpaired) electrons. The molecule has 1 rings (SSSR count). The fourth-order valence-electron chi connectivity index (χ4n) is 0.847. The lowest BCUT2D eigenvalue weighted by Crippen LogP contribution is -2.32. The number of aromatic nitrogens is 1. The number of nitrogens with two attached hydrogens (primary N) is 1. The van der Waals surface area contributed by atoms with E-state index in [0.717, 1.165) is 5.56 Å². The van der Waals surface area contributed by atoms with E-state index < -0.39 is 6.04 Å². The fraction of sp³-hybridized carbons (Fsp3) is 0.333. The average molecular weight is 179 g/mol. The van der Waals surface area contributed by atoms with Gasteiger partial charge in [0.2, 0.25) is 5.91 Å². The Hall–Kier alpha value is -1.42. The molecule has 1 heterocycles. The largest absolute Gasteiger partial charge is 0.320 e. The topological polar surface area (TPSA) is 68.0 Å². The molecule has 0 fully saturated rings.